The van der Waals surface area contributed by atoms with Crippen LogP contribution in [0.5, 0.6) is 0 Å². The van der Waals surface area contributed by atoms with Crippen molar-refractivity contribution in [2.75, 3.05) is 55.6 Å². The highest BCUT2D eigenvalue weighted by Gasteiger charge is 2.30. The molecule has 38 heavy (non-hydrogen) atoms. The molecule has 1 amide bonds. The molecule has 2 saturated heterocycles. The summed E-state index contributed by atoms with van der Waals surface area (Å²) in [5.74, 6) is 0.0669. The zero-order valence-electron chi connectivity index (χ0n) is 21.9. The smallest absolute Gasteiger partial charge is 0.270 e. The molecule has 0 bridgehead atoms. The number of para-hydroxylation sites is 1. The Labute approximate surface area is 228 Å². The minimum absolute atomic E-state index is 0.0515. The van der Waals surface area contributed by atoms with Gasteiger partial charge in [0.05, 0.1) is 10.7 Å². The number of benzene rings is 2. The summed E-state index contributed by atoms with van der Waals surface area (Å²) in [4.78, 5) is 25.4. The van der Waals surface area contributed by atoms with Crippen molar-refractivity contribution in [3.8, 4) is 0 Å². The molecule has 0 saturated carbocycles. The molecule has 0 unspecified atom stereocenters. The molecule has 0 N–H and O–H groups in total. The van der Waals surface area contributed by atoms with E-state index in [9.17, 15) is 4.79 Å². The Morgan fingerprint density at radius 2 is 1.79 bits per heavy atom. The van der Waals surface area contributed by atoms with Crippen molar-refractivity contribution in [1.82, 2.24) is 14.4 Å². The van der Waals surface area contributed by atoms with Crippen LogP contribution in [0.25, 0.3) is 10.4 Å². The van der Waals surface area contributed by atoms with Crippen molar-refractivity contribution < 1.29 is 4.79 Å². The highest BCUT2D eigenvalue weighted by atomic mass is 35.5. The number of piperazine rings is 2. The molecule has 1 aromatic heterocycles. The van der Waals surface area contributed by atoms with Crippen LogP contribution >= 0.6 is 11.6 Å². The molecule has 5 rings (SSSR count). The van der Waals surface area contributed by atoms with Gasteiger partial charge in [-0.25, -0.2) is 0 Å². The molecule has 10 heteroatoms. The normalized spacial score (nSPS) is 18.4. The van der Waals surface area contributed by atoms with E-state index in [1.807, 2.05) is 59.0 Å². The van der Waals surface area contributed by atoms with Crippen LogP contribution in [0.15, 0.2) is 65.9 Å². The third-order valence-electron chi connectivity index (χ3n) is 7.50. The zero-order chi connectivity index (χ0) is 26.6. The first-order valence-corrected chi connectivity index (χ1v) is 13.4. The predicted octanol–water partition coefficient (Wildman–Crippen LogP) is 5.29. The van der Waals surface area contributed by atoms with Gasteiger partial charge in [-0.05, 0) is 48.4 Å². The third-order valence-corrected chi connectivity index (χ3v) is 7.82. The van der Waals surface area contributed by atoms with Crippen LogP contribution < -0.4 is 9.80 Å². The fourth-order valence-electron chi connectivity index (χ4n) is 5.49. The molecule has 1 atom stereocenters. The molecule has 3 aromatic rings. The number of nitrogens with zero attached hydrogens (tertiary/aromatic N) is 8. The molecule has 198 valence electrons. The first-order chi connectivity index (χ1) is 18.4. The van der Waals surface area contributed by atoms with Gasteiger partial charge in [-0.15, -0.1) is 0 Å². The Hall–Kier alpha value is -3.65. The van der Waals surface area contributed by atoms with E-state index in [0.717, 1.165) is 73.5 Å². The lowest BCUT2D eigenvalue weighted by Crippen LogP contribution is -2.54. The monoisotopic (exact) mass is 532 g/mol. The van der Waals surface area contributed by atoms with Crippen LogP contribution in [0.3, 0.4) is 0 Å². The average Bonchev–Trinajstić information content (AvgIpc) is 3.29. The van der Waals surface area contributed by atoms with Gasteiger partial charge in [-0.2, -0.15) is 0 Å². The summed E-state index contributed by atoms with van der Waals surface area (Å²) in [6, 6.07) is 17.7. The molecule has 2 fully saturated rings. The molecule has 2 aliphatic heterocycles. The van der Waals surface area contributed by atoms with Crippen molar-refractivity contribution in [1.29, 1.82) is 0 Å². The number of rotatable bonds is 6. The number of amides is 1. The van der Waals surface area contributed by atoms with Gasteiger partial charge in [0, 0.05) is 87.9 Å². The predicted molar refractivity (Wildman–Crippen MR) is 152 cm³/mol. The summed E-state index contributed by atoms with van der Waals surface area (Å²) in [6.07, 6.45) is 2.08. The summed E-state index contributed by atoms with van der Waals surface area (Å²) in [5.41, 5.74) is 13.3. The third kappa shape index (κ3) is 5.60. The standard InChI is InChI=1S/C28H33ClN8O/c1-21-18-36(24-7-5-6-23(17-24)31-32-30)14-15-37(21)28(38)27-16-22(19-33(27)2)20-34-10-12-35(13-11-34)26-9-4-3-8-25(26)29/h3-9,16-17,19,21H,10-15,18,20H2,1-2H3/t21-/m0/s1. The molecule has 2 aromatic carbocycles. The first kappa shape index (κ1) is 26.0. The fraction of sp³-hybridized carbons (Fsp3) is 0.393. The van der Waals surface area contributed by atoms with Crippen molar-refractivity contribution in [2.24, 2.45) is 12.2 Å². The van der Waals surface area contributed by atoms with Gasteiger partial charge in [0.15, 0.2) is 0 Å². The van der Waals surface area contributed by atoms with Gasteiger partial charge in [-0.3, -0.25) is 9.69 Å². The van der Waals surface area contributed by atoms with E-state index in [1.54, 1.807) is 6.07 Å². The Morgan fingerprint density at radius 3 is 2.53 bits per heavy atom. The van der Waals surface area contributed by atoms with Crippen LogP contribution in [-0.2, 0) is 13.6 Å². The van der Waals surface area contributed by atoms with Crippen LogP contribution in [0.4, 0.5) is 17.1 Å². The summed E-state index contributed by atoms with van der Waals surface area (Å²) >= 11 is 6.39. The number of hydrogen-bond acceptors (Lipinski definition) is 5. The van der Waals surface area contributed by atoms with E-state index < -0.39 is 0 Å². The van der Waals surface area contributed by atoms with E-state index in [-0.39, 0.29) is 11.9 Å². The molecule has 2 aliphatic rings. The largest absolute Gasteiger partial charge is 0.368 e. The van der Waals surface area contributed by atoms with Crippen molar-refractivity contribution in [2.45, 2.75) is 19.5 Å². The van der Waals surface area contributed by atoms with Gasteiger partial charge >= 0.3 is 0 Å². The maximum absolute atomic E-state index is 13.5. The van der Waals surface area contributed by atoms with Crippen LogP contribution in [0.2, 0.25) is 5.02 Å². The summed E-state index contributed by atoms with van der Waals surface area (Å²) in [5, 5.41) is 4.51. The molecule has 0 spiro atoms. The minimum atomic E-state index is 0.0515. The number of carbonyl (C=O) groups excluding carboxylic acids is 1. The lowest BCUT2D eigenvalue weighted by molar-refractivity contribution is 0.0664. The Morgan fingerprint density at radius 1 is 1.03 bits per heavy atom. The van der Waals surface area contributed by atoms with Gasteiger partial charge < -0.3 is 19.3 Å². The Balaban J connectivity index is 1.18. The first-order valence-electron chi connectivity index (χ1n) is 13.0. The number of carbonyl (C=O) groups is 1. The summed E-state index contributed by atoms with van der Waals surface area (Å²) < 4.78 is 1.96. The zero-order valence-corrected chi connectivity index (χ0v) is 22.6. The number of anilines is 2. The summed E-state index contributed by atoms with van der Waals surface area (Å²) in [7, 11) is 1.95. The number of aromatic nitrogens is 1. The lowest BCUT2D eigenvalue weighted by Gasteiger charge is -2.41. The molecular formula is C28H33ClN8O. The second kappa shape index (κ2) is 11.4. The van der Waals surface area contributed by atoms with Gasteiger partial charge in [0.1, 0.15) is 5.69 Å². The quantitative estimate of drug-likeness (QED) is 0.245. The molecule has 9 nitrogen and oxygen atoms in total. The summed E-state index contributed by atoms with van der Waals surface area (Å²) in [6.45, 7) is 8.74. The topological polar surface area (TPSA) is 83.7 Å². The number of halogens is 1. The second-order valence-corrected chi connectivity index (χ2v) is 10.5. The van der Waals surface area contributed by atoms with Gasteiger partial charge in [-0.1, -0.05) is 41.0 Å². The Kier molecular flexibility index (Phi) is 7.79. The highest BCUT2D eigenvalue weighted by Crippen LogP contribution is 2.27. The molecule has 0 aliphatic carbocycles. The lowest BCUT2D eigenvalue weighted by atomic mass is 10.1. The molecular weight excluding hydrogens is 500 g/mol. The maximum Gasteiger partial charge on any atom is 0.270 e. The van der Waals surface area contributed by atoms with Crippen molar-refractivity contribution >= 4 is 34.6 Å². The molecule has 3 heterocycles. The average molecular weight is 533 g/mol. The van der Waals surface area contributed by atoms with Crippen molar-refractivity contribution in [3.05, 3.63) is 87.5 Å². The van der Waals surface area contributed by atoms with Crippen molar-refractivity contribution in [3.63, 3.8) is 0 Å². The molecule has 0 radical (unpaired) electrons. The van der Waals surface area contributed by atoms with E-state index in [4.69, 9.17) is 17.1 Å². The number of aryl methyl sites for hydroxylation is 1. The Bertz CT molecular complexity index is 1340. The maximum atomic E-state index is 13.5. The van der Waals surface area contributed by atoms with E-state index in [2.05, 4.69) is 43.9 Å². The van der Waals surface area contributed by atoms with E-state index in [0.29, 0.717) is 12.2 Å². The van der Waals surface area contributed by atoms with Crippen LogP contribution in [0.1, 0.15) is 23.0 Å². The second-order valence-electron chi connectivity index (χ2n) is 10.1. The highest BCUT2D eigenvalue weighted by molar-refractivity contribution is 6.33. The van der Waals surface area contributed by atoms with E-state index >= 15 is 0 Å². The number of azide groups is 1. The van der Waals surface area contributed by atoms with Crippen LogP contribution in [0, 0.1) is 0 Å². The minimum Gasteiger partial charge on any atom is -0.368 e. The number of hydrogen-bond donors (Lipinski definition) is 0. The SMILES string of the molecule is C[C@H]1CN(c2cccc(N=[N+]=[N-])c2)CCN1C(=O)c1cc(CN2CCN(c3ccccc3Cl)CC2)cn1C. The van der Waals surface area contributed by atoms with Gasteiger partial charge in [0.2, 0.25) is 0 Å². The van der Waals surface area contributed by atoms with Crippen LogP contribution in [-0.4, -0.2) is 72.1 Å². The fourth-order valence-corrected chi connectivity index (χ4v) is 5.75. The van der Waals surface area contributed by atoms with Gasteiger partial charge in [0.25, 0.3) is 5.91 Å². The van der Waals surface area contributed by atoms with E-state index in [1.165, 1.54) is 0 Å².